The SMILES string of the molecule is COCCNC(=S)Nc1ccccc1CCN1CCN(c2nsc3ccccc23)CC1. The number of fused-ring (bicyclic) bond motifs is 1. The number of thiocarbonyl (C=S) groups is 1. The summed E-state index contributed by atoms with van der Waals surface area (Å²) in [4.78, 5) is 4.96. The summed E-state index contributed by atoms with van der Waals surface area (Å²) < 4.78 is 11.0. The van der Waals surface area contributed by atoms with Crippen LogP contribution in [0.25, 0.3) is 10.1 Å². The van der Waals surface area contributed by atoms with Crippen molar-refractivity contribution in [2.75, 3.05) is 63.2 Å². The lowest BCUT2D eigenvalue weighted by atomic mass is 10.1. The van der Waals surface area contributed by atoms with Crippen LogP contribution in [0.2, 0.25) is 0 Å². The largest absolute Gasteiger partial charge is 0.383 e. The summed E-state index contributed by atoms with van der Waals surface area (Å²) in [6, 6.07) is 16.9. The summed E-state index contributed by atoms with van der Waals surface area (Å²) in [6.45, 7) is 6.50. The van der Waals surface area contributed by atoms with Crippen LogP contribution in [0.5, 0.6) is 0 Å². The number of hydrogen-bond acceptors (Lipinski definition) is 6. The van der Waals surface area contributed by atoms with Crippen molar-refractivity contribution in [1.29, 1.82) is 0 Å². The molecular formula is C23H29N5OS2. The molecule has 164 valence electrons. The van der Waals surface area contributed by atoms with Crippen molar-refractivity contribution >= 4 is 50.5 Å². The molecule has 0 aliphatic carbocycles. The van der Waals surface area contributed by atoms with Crippen molar-refractivity contribution < 1.29 is 4.74 Å². The fourth-order valence-corrected chi connectivity index (χ4v) is 4.86. The van der Waals surface area contributed by atoms with Crippen LogP contribution in [0.3, 0.4) is 0 Å². The third-order valence-corrected chi connectivity index (χ3v) is 6.65. The predicted octanol–water partition coefficient (Wildman–Crippen LogP) is 3.59. The molecule has 1 fully saturated rings. The van der Waals surface area contributed by atoms with Crippen LogP contribution in [-0.2, 0) is 11.2 Å². The van der Waals surface area contributed by atoms with E-state index in [1.54, 1.807) is 18.6 Å². The van der Waals surface area contributed by atoms with E-state index in [1.165, 1.54) is 15.6 Å². The van der Waals surface area contributed by atoms with Gasteiger partial charge in [-0.1, -0.05) is 30.3 Å². The Hall–Kier alpha value is -2.26. The Morgan fingerprint density at radius 1 is 1.10 bits per heavy atom. The molecule has 0 unspecified atom stereocenters. The number of aromatic nitrogens is 1. The first-order valence-electron chi connectivity index (χ1n) is 10.7. The highest BCUT2D eigenvalue weighted by molar-refractivity contribution is 7.80. The maximum Gasteiger partial charge on any atom is 0.170 e. The summed E-state index contributed by atoms with van der Waals surface area (Å²) in [5.41, 5.74) is 2.36. The minimum absolute atomic E-state index is 0.631. The predicted molar refractivity (Wildman–Crippen MR) is 135 cm³/mol. The van der Waals surface area contributed by atoms with E-state index >= 15 is 0 Å². The quantitative estimate of drug-likeness (QED) is 0.398. The van der Waals surface area contributed by atoms with Crippen molar-refractivity contribution in [3.05, 3.63) is 54.1 Å². The number of hydrogen-bond donors (Lipinski definition) is 2. The van der Waals surface area contributed by atoms with Gasteiger partial charge in [-0.2, -0.15) is 4.37 Å². The van der Waals surface area contributed by atoms with Crippen LogP contribution in [0.1, 0.15) is 5.56 Å². The maximum absolute atomic E-state index is 5.41. The van der Waals surface area contributed by atoms with Gasteiger partial charge < -0.3 is 20.3 Å². The average Bonchev–Trinajstić information content (AvgIpc) is 3.23. The molecule has 31 heavy (non-hydrogen) atoms. The lowest BCUT2D eigenvalue weighted by molar-refractivity contribution is 0.204. The van der Waals surface area contributed by atoms with Gasteiger partial charge in [0, 0.05) is 57.5 Å². The van der Waals surface area contributed by atoms with Gasteiger partial charge in [0.2, 0.25) is 0 Å². The highest BCUT2D eigenvalue weighted by atomic mass is 32.1. The van der Waals surface area contributed by atoms with Crippen molar-refractivity contribution in [2.45, 2.75) is 6.42 Å². The van der Waals surface area contributed by atoms with Gasteiger partial charge in [-0.3, -0.25) is 4.90 Å². The summed E-state index contributed by atoms with van der Waals surface area (Å²) in [7, 11) is 1.69. The second-order valence-electron chi connectivity index (χ2n) is 7.61. The number of anilines is 2. The molecule has 2 N–H and O–H groups in total. The average molecular weight is 456 g/mol. The molecule has 0 atom stereocenters. The molecule has 4 rings (SSSR count). The molecule has 1 saturated heterocycles. The van der Waals surface area contributed by atoms with Crippen LogP contribution in [0.15, 0.2) is 48.5 Å². The second kappa shape index (κ2) is 10.9. The lowest BCUT2D eigenvalue weighted by Crippen LogP contribution is -2.47. The monoisotopic (exact) mass is 455 g/mol. The molecule has 0 radical (unpaired) electrons. The van der Waals surface area contributed by atoms with E-state index in [-0.39, 0.29) is 0 Å². The van der Waals surface area contributed by atoms with Crippen LogP contribution in [0.4, 0.5) is 11.5 Å². The van der Waals surface area contributed by atoms with Crippen LogP contribution in [0, 0.1) is 0 Å². The van der Waals surface area contributed by atoms with E-state index in [0.29, 0.717) is 18.3 Å². The number of ether oxygens (including phenoxy) is 1. The zero-order valence-electron chi connectivity index (χ0n) is 17.8. The summed E-state index contributed by atoms with van der Waals surface area (Å²) in [5.74, 6) is 1.14. The van der Waals surface area contributed by atoms with Gasteiger partial charge in [0.1, 0.15) is 5.82 Å². The Balaban J connectivity index is 1.28. The molecule has 3 aromatic rings. The fraction of sp³-hybridized carbons (Fsp3) is 0.391. The van der Waals surface area contributed by atoms with Crippen LogP contribution in [-0.4, -0.2) is 67.4 Å². The van der Waals surface area contributed by atoms with Crippen molar-refractivity contribution in [2.24, 2.45) is 0 Å². The van der Waals surface area contributed by atoms with Gasteiger partial charge in [-0.05, 0) is 53.9 Å². The maximum atomic E-state index is 5.41. The molecule has 1 aromatic heterocycles. The number of para-hydroxylation sites is 1. The summed E-state index contributed by atoms with van der Waals surface area (Å²) >= 11 is 7.00. The highest BCUT2D eigenvalue weighted by Crippen LogP contribution is 2.29. The third kappa shape index (κ3) is 5.71. The standard InChI is InChI=1S/C23H29N5OS2/c1-29-17-11-24-23(30)25-20-8-4-2-6-18(20)10-12-27-13-15-28(16-14-27)22-19-7-3-5-9-21(19)31-26-22/h2-9H,10-17H2,1H3,(H2,24,25,30). The number of methoxy groups -OCH3 is 1. The van der Waals surface area contributed by atoms with Gasteiger partial charge in [0.25, 0.3) is 0 Å². The Morgan fingerprint density at radius 3 is 2.71 bits per heavy atom. The van der Waals surface area contributed by atoms with Crippen molar-refractivity contribution in [1.82, 2.24) is 14.6 Å². The minimum atomic E-state index is 0.631. The molecule has 6 nitrogen and oxygen atoms in total. The van der Waals surface area contributed by atoms with Crippen LogP contribution >= 0.6 is 23.8 Å². The molecule has 8 heteroatoms. The second-order valence-corrected chi connectivity index (χ2v) is 8.83. The first-order valence-corrected chi connectivity index (χ1v) is 11.9. The number of nitrogens with one attached hydrogen (secondary N) is 2. The van der Waals surface area contributed by atoms with E-state index in [4.69, 9.17) is 21.3 Å². The zero-order chi connectivity index (χ0) is 21.5. The smallest absolute Gasteiger partial charge is 0.170 e. The Bertz CT molecular complexity index is 1000. The van der Waals surface area contributed by atoms with Crippen molar-refractivity contribution in [3.8, 4) is 0 Å². The molecule has 0 spiro atoms. The minimum Gasteiger partial charge on any atom is -0.383 e. The molecule has 1 aliphatic heterocycles. The Labute approximate surface area is 193 Å². The number of rotatable bonds is 8. The van der Waals surface area contributed by atoms with E-state index in [0.717, 1.165) is 50.6 Å². The topological polar surface area (TPSA) is 52.7 Å². The number of benzene rings is 2. The molecule has 0 saturated carbocycles. The van der Waals surface area contributed by atoms with E-state index in [1.807, 2.05) is 6.07 Å². The van der Waals surface area contributed by atoms with E-state index < -0.39 is 0 Å². The number of piperazine rings is 1. The van der Waals surface area contributed by atoms with Gasteiger partial charge >= 0.3 is 0 Å². The molecule has 0 amide bonds. The molecule has 0 bridgehead atoms. The third-order valence-electron chi connectivity index (χ3n) is 5.58. The van der Waals surface area contributed by atoms with Gasteiger partial charge in [-0.25, -0.2) is 0 Å². The Morgan fingerprint density at radius 2 is 1.87 bits per heavy atom. The van der Waals surface area contributed by atoms with Gasteiger partial charge in [0.05, 0.1) is 11.3 Å². The molecule has 2 heterocycles. The summed E-state index contributed by atoms with van der Waals surface area (Å²) in [6.07, 6.45) is 0.990. The molecule has 1 aliphatic rings. The van der Waals surface area contributed by atoms with Crippen LogP contribution < -0.4 is 15.5 Å². The first kappa shape index (κ1) is 22.0. The van der Waals surface area contributed by atoms with Crippen molar-refractivity contribution in [3.63, 3.8) is 0 Å². The first-order chi connectivity index (χ1) is 15.2. The lowest BCUT2D eigenvalue weighted by Gasteiger charge is -2.35. The number of nitrogens with zero attached hydrogens (tertiary/aromatic N) is 3. The van der Waals surface area contributed by atoms with Gasteiger partial charge in [0.15, 0.2) is 5.11 Å². The van der Waals surface area contributed by atoms with E-state index in [2.05, 4.69) is 62.9 Å². The Kier molecular flexibility index (Phi) is 7.69. The molecule has 2 aromatic carbocycles. The fourth-order valence-electron chi connectivity index (χ4n) is 3.86. The zero-order valence-corrected chi connectivity index (χ0v) is 19.5. The summed E-state index contributed by atoms with van der Waals surface area (Å²) in [5, 5.41) is 8.41. The van der Waals surface area contributed by atoms with Gasteiger partial charge in [-0.15, -0.1) is 0 Å². The van der Waals surface area contributed by atoms with E-state index in [9.17, 15) is 0 Å². The highest BCUT2D eigenvalue weighted by Gasteiger charge is 2.20. The molecular weight excluding hydrogens is 426 g/mol. The normalized spacial score (nSPS) is 14.7.